The van der Waals surface area contributed by atoms with Gasteiger partial charge in [-0.1, -0.05) is 23.7 Å². The van der Waals surface area contributed by atoms with Crippen molar-refractivity contribution in [3.05, 3.63) is 94.3 Å². The topological polar surface area (TPSA) is 89.0 Å². The zero-order valence-corrected chi connectivity index (χ0v) is 17.5. The molecular formula is C24H17ClN2O5. The summed E-state index contributed by atoms with van der Waals surface area (Å²) in [6.07, 6.45) is 3.27. The highest BCUT2D eigenvalue weighted by atomic mass is 35.5. The molecule has 2 aromatic carbocycles. The van der Waals surface area contributed by atoms with Crippen molar-refractivity contribution in [3.63, 3.8) is 0 Å². The van der Waals surface area contributed by atoms with Gasteiger partial charge in [-0.2, -0.15) is 0 Å². The molecule has 5 rings (SSSR count). The summed E-state index contributed by atoms with van der Waals surface area (Å²) in [5.41, 5.74) is 1.76. The number of aliphatic hydroxyl groups excluding tert-OH is 1. The fraction of sp³-hybridized carbons (Fsp3) is 0.125. The number of carbonyl (C=O) groups is 2. The summed E-state index contributed by atoms with van der Waals surface area (Å²) in [6, 6.07) is 14.4. The van der Waals surface area contributed by atoms with Crippen molar-refractivity contribution in [1.29, 1.82) is 0 Å². The Labute approximate surface area is 188 Å². The molecule has 1 aromatic heterocycles. The number of carbonyl (C=O) groups excluding carboxylic acids is 2. The van der Waals surface area contributed by atoms with Gasteiger partial charge >= 0.3 is 0 Å². The van der Waals surface area contributed by atoms with E-state index in [9.17, 15) is 14.7 Å². The second-order valence-corrected chi connectivity index (χ2v) is 7.84. The van der Waals surface area contributed by atoms with Crippen molar-refractivity contribution in [2.75, 3.05) is 6.79 Å². The van der Waals surface area contributed by atoms with Gasteiger partial charge in [0.2, 0.25) is 6.79 Å². The monoisotopic (exact) mass is 448 g/mol. The van der Waals surface area contributed by atoms with E-state index in [2.05, 4.69) is 4.98 Å². The molecule has 1 saturated heterocycles. The molecule has 0 spiro atoms. The Bertz CT molecular complexity index is 1240. The van der Waals surface area contributed by atoms with E-state index in [0.29, 0.717) is 27.6 Å². The first kappa shape index (κ1) is 20.1. The number of Topliss-reactive ketones (excluding diaryl/α,β-unsaturated/α-hetero) is 1. The van der Waals surface area contributed by atoms with Crippen LogP contribution in [0.4, 0.5) is 0 Å². The second-order valence-electron chi connectivity index (χ2n) is 7.41. The number of ketones is 1. The first-order chi connectivity index (χ1) is 15.5. The lowest BCUT2D eigenvalue weighted by Gasteiger charge is -2.25. The third-order valence-electron chi connectivity index (χ3n) is 5.45. The number of nitrogens with zero attached hydrogens (tertiary/aromatic N) is 2. The number of rotatable bonds is 4. The Morgan fingerprint density at radius 3 is 2.62 bits per heavy atom. The van der Waals surface area contributed by atoms with E-state index in [4.69, 9.17) is 21.1 Å². The Morgan fingerprint density at radius 1 is 1.09 bits per heavy atom. The maximum atomic E-state index is 13.1. The summed E-state index contributed by atoms with van der Waals surface area (Å²) in [5.74, 6) is -0.635. The summed E-state index contributed by atoms with van der Waals surface area (Å²) >= 11 is 5.96. The Hall–Kier alpha value is -3.84. The highest BCUT2D eigenvalue weighted by molar-refractivity contribution is 6.46. The van der Waals surface area contributed by atoms with Crippen LogP contribution in [0.15, 0.2) is 72.6 Å². The largest absolute Gasteiger partial charge is 0.507 e. The highest BCUT2D eigenvalue weighted by Crippen LogP contribution is 2.43. The zero-order valence-electron chi connectivity index (χ0n) is 16.7. The molecule has 32 heavy (non-hydrogen) atoms. The van der Waals surface area contributed by atoms with Crippen LogP contribution in [-0.2, 0) is 16.1 Å². The summed E-state index contributed by atoms with van der Waals surface area (Å²) in [4.78, 5) is 31.7. The smallest absolute Gasteiger partial charge is 0.295 e. The van der Waals surface area contributed by atoms with Crippen molar-refractivity contribution >= 4 is 29.1 Å². The maximum absolute atomic E-state index is 13.1. The van der Waals surface area contributed by atoms with Crippen molar-refractivity contribution in [1.82, 2.24) is 9.88 Å². The van der Waals surface area contributed by atoms with E-state index in [1.54, 1.807) is 60.9 Å². The lowest BCUT2D eigenvalue weighted by atomic mass is 9.95. The van der Waals surface area contributed by atoms with Gasteiger partial charge < -0.3 is 19.5 Å². The SMILES string of the molecule is O=C1C(=O)N(Cc2cccnc2)C(c2ccc3c(c2)OCO3)C1=C(O)c1ccc(Cl)cc1. The van der Waals surface area contributed by atoms with Crippen molar-refractivity contribution < 1.29 is 24.2 Å². The molecule has 0 bridgehead atoms. The lowest BCUT2D eigenvalue weighted by Crippen LogP contribution is -2.29. The van der Waals surface area contributed by atoms with Crippen molar-refractivity contribution in [3.8, 4) is 11.5 Å². The van der Waals surface area contributed by atoms with Crippen molar-refractivity contribution in [2.24, 2.45) is 0 Å². The standard InChI is InChI=1S/C24H17ClN2O5/c25-17-6-3-15(4-7-17)22(28)20-21(16-5-8-18-19(10-16)32-13-31-18)27(24(30)23(20)29)12-14-2-1-9-26-11-14/h1-11,21,28H,12-13H2. The van der Waals surface area contributed by atoms with Crippen LogP contribution in [0.25, 0.3) is 5.76 Å². The van der Waals surface area contributed by atoms with Gasteiger partial charge in [-0.3, -0.25) is 14.6 Å². The maximum Gasteiger partial charge on any atom is 0.295 e. The molecule has 0 aliphatic carbocycles. The molecule has 1 unspecified atom stereocenters. The van der Waals surface area contributed by atoms with Crippen molar-refractivity contribution in [2.45, 2.75) is 12.6 Å². The number of amides is 1. The Kier molecular flexibility index (Phi) is 5.03. The van der Waals surface area contributed by atoms with Gasteiger partial charge in [0.1, 0.15) is 5.76 Å². The molecule has 7 nitrogen and oxygen atoms in total. The van der Waals surface area contributed by atoms with E-state index in [-0.39, 0.29) is 24.7 Å². The number of aliphatic hydroxyl groups is 1. The molecule has 8 heteroatoms. The number of ether oxygens (including phenoxy) is 2. The molecule has 2 aliphatic rings. The molecule has 1 amide bonds. The summed E-state index contributed by atoms with van der Waals surface area (Å²) in [6.45, 7) is 0.244. The Balaban J connectivity index is 1.65. The molecule has 1 atom stereocenters. The van der Waals surface area contributed by atoms with E-state index in [1.165, 1.54) is 4.90 Å². The number of hydrogen-bond donors (Lipinski definition) is 1. The van der Waals surface area contributed by atoms with Crippen LogP contribution in [0.5, 0.6) is 11.5 Å². The molecule has 3 heterocycles. The van der Waals surface area contributed by atoms with Gasteiger partial charge in [-0.05, 0) is 53.6 Å². The van der Waals surface area contributed by atoms with Crippen LogP contribution in [0.2, 0.25) is 5.02 Å². The van der Waals surface area contributed by atoms with Gasteiger partial charge in [0.15, 0.2) is 11.5 Å². The first-order valence-electron chi connectivity index (χ1n) is 9.86. The fourth-order valence-corrected chi connectivity index (χ4v) is 4.05. The molecule has 1 fully saturated rings. The van der Waals surface area contributed by atoms with Gasteiger partial charge in [-0.25, -0.2) is 0 Å². The lowest BCUT2D eigenvalue weighted by molar-refractivity contribution is -0.140. The van der Waals surface area contributed by atoms with Gasteiger partial charge in [0, 0.05) is 29.5 Å². The number of aromatic nitrogens is 1. The molecule has 1 N–H and O–H groups in total. The summed E-state index contributed by atoms with van der Waals surface area (Å²) < 4.78 is 10.9. The highest BCUT2D eigenvalue weighted by Gasteiger charge is 2.46. The number of halogens is 1. The molecule has 0 saturated carbocycles. The predicted octanol–water partition coefficient (Wildman–Crippen LogP) is 4.09. The van der Waals surface area contributed by atoms with Gasteiger partial charge in [-0.15, -0.1) is 0 Å². The number of likely N-dealkylation sites (tertiary alicyclic amines) is 1. The number of fused-ring (bicyclic) bond motifs is 1. The van der Waals surface area contributed by atoms with Crippen LogP contribution in [-0.4, -0.2) is 33.5 Å². The van der Waals surface area contributed by atoms with E-state index >= 15 is 0 Å². The quantitative estimate of drug-likeness (QED) is 0.367. The van der Waals surface area contributed by atoms with Gasteiger partial charge in [0.25, 0.3) is 11.7 Å². The zero-order chi connectivity index (χ0) is 22.2. The van der Waals surface area contributed by atoms with Crippen LogP contribution in [0, 0.1) is 0 Å². The average molecular weight is 449 g/mol. The average Bonchev–Trinajstić information content (AvgIpc) is 3.37. The minimum atomic E-state index is -0.819. The van der Waals surface area contributed by atoms with E-state index in [0.717, 1.165) is 5.56 Å². The molecule has 3 aromatic rings. The normalized spacial score (nSPS) is 18.9. The summed E-state index contributed by atoms with van der Waals surface area (Å²) in [5, 5.41) is 11.6. The van der Waals surface area contributed by atoms with Crippen LogP contribution < -0.4 is 9.47 Å². The molecule has 2 aliphatic heterocycles. The number of hydrogen-bond acceptors (Lipinski definition) is 6. The van der Waals surface area contributed by atoms with Gasteiger partial charge in [0.05, 0.1) is 11.6 Å². The van der Waals surface area contributed by atoms with Crippen LogP contribution in [0.3, 0.4) is 0 Å². The van der Waals surface area contributed by atoms with E-state index < -0.39 is 17.7 Å². The number of benzene rings is 2. The molecular weight excluding hydrogens is 432 g/mol. The van der Waals surface area contributed by atoms with E-state index in [1.807, 2.05) is 6.07 Å². The molecule has 160 valence electrons. The molecule has 0 radical (unpaired) electrons. The first-order valence-corrected chi connectivity index (χ1v) is 10.2. The predicted molar refractivity (Wildman–Crippen MR) is 116 cm³/mol. The Morgan fingerprint density at radius 2 is 1.88 bits per heavy atom. The second kappa shape index (κ2) is 8.01. The van der Waals surface area contributed by atoms with Crippen LogP contribution >= 0.6 is 11.6 Å². The minimum Gasteiger partial charge on any atom is -0.507 e. The third kappa shape index (κ3) is 3.46. The third-order valence-corrected chi connectivity index (χ3v) is 5.70. The summed E-state index contributed by atoms with van der Waals surface area (Å²) in [7, 11) is 0. The number of pyridine rings is 1. The minimum absolute atomic E-state index is 0.0000723. The van der Waals surface area contributed by atoms with Crippen LogP contribution in [0.1, 0.15) is 22.7 Å². The fourth-order valence-electron chi connectivity index (χ4n) is 3.92.